The summed E-state index contributed by atoms with van der Waals surface area (Å²) in [6.07, 6.45) is -0.893. The topological polar surface area (TPSA) is 126 Å². The number of nitrogens with one attached hydrogen (secondary N) is 1. The Bertz CT molecular complexity index is 867. The predicted molar refractivity (Wildman–Crippen MR) is 92.6 cm³/mol. The number of anilines is 1. The van der Waals surface area contributed by atoms with Gasteiger partial charge in [0.15, 0.2) is 30.1 Å². The van der Waals surface area contributed by atoms with Gasteiger partial charge in [0.1, 0.15) is 0 Å². The van der Waals surface area contributed by atoms with Crippen molar-refractivity contribution >= 4 is 23.7 Å². The Balaban J connectivity index is 2.40. The minimum absolute atomic E-state index is 0.559. The number of halogens is 1. The number of amides is 1. The summed E-state index contributed by atoms with van der Waals surface area (Å²) in [5.74, 6) is -3.58. The monoisotopic (exact) mass is 397 g/mol. The second-order valence-corrected chi connectivity index (χ2v) is 6.00. The summed E-state index contributed by atoms with van der Waals surface area (Å²) in [6.45, 7) is 5.44. The van der Waals surface area contributed by atoms with Gasteiger partial charge in [-0.05, 0) is 19.9 Å². The van der Waals surface area contributed by atoms with Crippen LogP contribution in [0.2, 0.25) is 0 Å². The molecule has 4 atom stereocenters. The van der Waals surface area contributed by atoms with Crippen molar-refractivity contribution in [3.63, 3.8) is 0 Å². The molecule has 1 aromatic heterocycles. The molecule has 0 bridgehead atoms. The summed E-state index contributed by atoms with van der Waals surface area (Å²) in [4.78, 5) is 50.2. The number of hydrogen-bond acceptors (Lipinski definition) is 8. The molecule has 1 aromatic rings. The normalized spacial score (nSPS) is 24.2. The molecule has 1 aliphatic rings. The Morgan fingerprint density at radius 1 is 1.25 bits per heavy atom. The number of rotatable bonds is 5. The van der Waals surface area contributed by atoms with E-state index in [0.717, 1.165) is 23.8 Å². The number of nitrogens with zero attached hydrogens (tertiary/aromatic N) is 2. The predicted octanol–water partition coefficient (Wildman–Crippen LogP) is 0.678. The van der Waals surface area contributed by atoms with E-state index in [0.29, 0.717) is 0 Å². The third kappa shape index (κ3) is 4.80. The molecule has 0 spiro atoms. The highest BCUT2D eigenvalue weighted by molar-refractivity contribution is 5.98. The van der Waals surface area contributed by atoms with Gasteiger partial charge in [-0.25, -0.2) is 9.18 Å². The second kappa shape index (κ2) is 8.74. The number of carbonyl (C=O) groups is 3. The highest BCUT2D eigenvalue weighted by Crippen LogP contribution is 2.33. The van der Waals surface area contributed by atoms with Crippen molar-refractivity contribution in [3.8, 4) is 0 Å². The van der Waals surface area contributed by atoms with Gasteiger partial charge in [0.05, 0.1) is 12.3 Å². The summed E-state index contributed by atoms with van der Waals surface area (Å²) in [5.41, 5.74) is -0.963. The van der Waals surface area contributed by atoms with Crippen LogP contribution in [0.5, 0.6) is 0 Å². The first kappa shape index (κ1) is 21.2. The standard InChI is InChI=1S/C17H20FN3O7/c1-5-6-12(24)19-15-11(18)7-21(17(25)20-15)16-14(28-10(4)23)13(8(2)26-16)27-9(3)22/h5-8,13-14,16H,1-4H3,(H,19,20,24,25)/b6-5+/t8-,13-,14-,16-/m1/s1. The molecule has 11 heteroatoms. The fourth-order valence-electron chi connectivity index (χ4n) is 2.72. The lowest BCUT2D eigenvalue weighted by Gasteiger charge is -2.23. The molecule has 0 aromatic carbocycles. The summed E-state index contributed by atoms with van der Waals surface area (Å²) in [5, 5.41) is 2.14. The molecule has 2 rings (SSSR count). The van der Waals surface area contributed by atoms with Crippen molar-refractivity contribution in [2.45, 2.75) is 52.2 Å². The zero-order valence-corrected chi connectivity index (χ0v) is 15.7. The molecule has 10 nitrogen and oxygen atoms in total. The van der Waals surface area contributed by atoms with Gasteiger partial charge in [0.2, 0.25) is 5.91 Å². The van der Waals surface area contributed by atoms with E-state index in [1.54, 1.807) is 13.8 Å². The van der Waals surface area contributed by atoms with Crippen LogP contribution >= 0.6 is 0 Å². The number of esters is 2. The third-order valence-electron chi connectivity index (χ3n) is 3.77. The Morgan fingerprint density at radius 2 is 1.86 bits per heavy atom. The first-order chi connectivity index (χ1) is 13.1. The van der Waals surface area contributed by atoms with Crippen molar-refractivity contribution in [1.29, 1.82) is 0 Å². The highest BCUT2D eigenvalue weighted by Gasteiger charge is 2.48. The molecule has 2 heterocycles. The Kier molecular flexibility index (Phi) is 6.62. The first-order valence-electron chi connectivity index (χ1n) is 8.36. The van der Waals surface area contributed by atoms with E-state index in [9.17, 15) is 23.6 Å². The lowest BCUT2D eigenvalue weighted by molar-refractivity contribution is -0.165. The average Bonchev–Trinajstić information content (AvgIpc) is 2.86. The molecule has 0 aliphatic carbocycles. The Morgan fingerprint density at radius 3 is 2.43 bits per heavy atom. The minimum atomic E-state index is -1.28. The van der Waals surface area contributed by atoms with Crippen LogP contribution in [0.4, 0.5) is 10.2 Å². The smallest absolute Gasteiger partial charge is 0.351 e. The SMILES string of the molecule is C/C=C/C(=O)Nc1nc(=O)n([C@@H]2O[C@H](C)[C@@H](OC(C)=O)[C@H]2OC(C)=O)cc1F. The van der Waals surface area contributed by atoms with E-state index in [1.165, 1.54) is 13.0 Å². The molecule has 0 saturated carbocycles. The van der Waals surface area contributed by atoms with Crippen molar-refractivity contribution in [2.75, 3.05) is 5.32 Å². The van der Waals surface area contributed by atoms with Gasteiger partial charge in [0, 0.05) is 13.8 Å². The van der Waals surface area contributed by atoms with E-state index in [4.69, 9.17) is 14.2 Å². The number of allylic oxidation sites excluding steroid dienone is 1. The Hall–Kier alpha value is -3.08. The van der Waals surface area contributed by atoms with Crippen LogP contribution in [0, 0.1) is 5.82 Å². The molecule has 1 amide bonds. The fraction of sp³-hybridized carbons (Fsp3) is 0.471. The maximum atomic E-state index is 14.4. The summed E-state index contributed by atoms with van der Waals surface area (Å²) in [6, 6.07) is 0. The highest BCUT2D eigenvalue weighted by atomic mass is 19.1. The van der Waals surface area contributed by atoms with Gasteiger partial charge in [-0.3, -0.25) is 19.0 Å². The average molecular weight is 397 g/mol. The molecular weight excluding hydrogens is 377 g/mol. The maximum absolute atomic E-state index is 14.4. The van der Waals surface area contributed by atoms with Gasteiger partial charge in [-0.1, -0.05) is 6.08 Å². The van der Waals surface area contributed by atoms with E-state index >= 15 is 0 Å². The number of hydrogen-bond donors (Lipinski definition) is 1. The van der Waals surface area contributed by atoms with E-state index in [1.807, 2.05) is 0 Å². The quantitative estimate of drug-likeness (QED) is 0.568. The van der Waals surface area contributed by atoms with Crippen molar-refractivity contribution < 1.29 is 33.0 Å². The summed E-state index contributed by atoms with van der Waals surface area (Å²) in [7, 11) is 0. The van der Waals surface area contributed by atoms with Gasteiger partial charge in [0.25, 0.3) is 0 Å². The van der Waals surface area contributed by atoms with Crippen LogP contribution in [-0.2, 0) is 28.6 Å². The van der Waals surface area contributed by atoms with Gasteiger partial charge >= 0.3 is 17.6 Å². The molecule has 152 valence electrons. The molecular formula is C17H20FN3O7. The molecule has 1 N–H and O–H groups in total. The van der Waals surface area contributed by atoms with Crippen LogP contribution in [0.3, 0.4) is 0 Å². The summed E-state index contributed by atoms with van der Waals surface area (Å²) < 4.78 is 31.0. The minimum Gasteiger partial charge on any atom is -0.456 e. The van der Waals surface area contributed by atoms with E-state index in [2.05, 4.69) is 10.3 Å². The van der Waals surface area contributed by atoms with Crippen molar-refractivity contribution in [1.82, 2.24) is 9.55 Å². The Labute approximate surface area is 159 Å². The number of ether oxygens (including phenoxy) is 3. The molecule has 0 radical (unpaired) electrons. The van der Waals surface area contributed by atoms with Crippen LogP contribution < -0.4 is 11.0 Å². The zero-order chi connectivity index (χ0) is 21.0. The van der Waals surface area contributed by atoms with Gasteiger partial charge < -0.3 is 19.5 Å². The lowest BCUT2D eigenvalue weighted by atomic mass is 10.1. The van der Waals surface area contributed by atoms with Crippen LogP contribution in [0.25, 0.3) is 0 Å². The van der Waals surface area contributed by atoms with Crippen molar-refractivity contribution in [2.24, 2.45) is 0 Å². The second-order valence-electron chi connectivity index (χ2n) is 6.00. The molecule has 28 heavy (non-hydrogen) atoms. The van der Waals surface area contributed by atoms with Crippen LogP contribution in [-0.4, -0.2) is 45.7 Å². The molecule has 1 fully saturated rings. The maximum Gasteiger partial charge on any atom is 0.351 e. The van der Waals surface area contributed by atoms with Gasteiger partial charge in [-0.15, -0.1) is 0 Å². The zero-order valence-electron chi connectivity index (χ0n) is 15.7. The van der Waals surface area contributed by atoms with Crippen LogP contribution in [0.15, 0.2) is 23.1 Å². The molecule has 0 unspecified atom stereocenters. The number of carbonyl (C=O) groups excluding carboxylic acids is 3. The molecule has 1 saturated heterocycles. The van der Waals surface area contributed by atoms with E-state index in [-0.39, 0.29) is 0 Å². The summed E-state index contributed by atoms with van der Waals surface area (Å²) >= 11 is 0. The van der Waals surface area contributed by atoms with Crippen LogP contribution in [0.1, 0.15) is 33.9 Å². The van der Waals surface area contributed by atoms with Crippen molar-refractivity contribution in [3.05, 3.63) is 34.7 Å². The third-order valence-corrected chi connectivity index (χ3v) is 3.77. The van der Waals surface area contributed by atoms with E-state index < -0.39 is 59.7 Å². The first-order valence-corrected chi connectivity index (χ1v) is 8.36. The largest absolute Gasteiger partial charge is 0.456 e. The fourth-order valence-corrected chi connectivity index (χ4v) is 2.72. The number of aromatic nitrogens is 2. The van der Waals surface area contributed by atoms with Gasteiger partial charge in [-0.2, -0.15) is 4.98 Å². The lowest BCUT2D eigenvalue weighted by Crippen LogP contribution is -2.40. The molecule has 1 aliphatic heterocycles.